The molecule has 2 aliphatic rings. The van der Waals surface area contributed by atoms with Gasteiger partial charge in [0.2, 0.25) is 0 Å². The van der Waals surface area contributed by atoms with Crippen LogP contribution < -0.4 is 5.32 Å². The molecule has 14 heavy (non-hydrogen) atoms. The Balaban J connectivity index is 2.23. The number of hydrogen-bond acceptors (Lipinski definition) is 2. The number of nitrogens with one attached hydrogen (secondary N) is 1. The average Bonchev–Trinajstić information content (AvgIpc) is 2.41. The van der Waals surface area contributed by atoms with E-state index in [9.17, 15) is 4.79 Å². The predicted octanol–water partition coefficient (Wildman–Crippen LogP) is 2.31. The summed E-state index contributed by atoms with van der Waals surface area (Å²) in [5.41, 5.74) is -0.0798. The molecule has 1 aliphatic carbocycles. The van der Waals surface area contributed by atoms with E-state index >= 15 is 0 Å². The minimum Gasteiger partial charge on any atom is -0.444 e. The van der Waals surface area contributed by atoms with Gasteiger partial charge in [0.15, 0.2) is 0 Å². The van der Waals surface area contributed by atoms with Crippen molar-refractivity contribution in [3.8, 4) is 0 Å². The Morgan fingerprint density at radius 2 is 2.29 bits per heavy atom. The molecule has 0 aromatic carbocycles. The standard InChI is InChI=1S/C11H19NO2/c1-7(2)11-5-4-8(3)6-9(11)14-10(13)12-11/h7-9H,4-6H2,1-3H3,(H,12,13)/t8-,9-,11-/m1/s1. The maximum atomic E-state index is 11.3. The molecule has 3 heteroatoms. The third-order valence-corrected chi connectivity index (χ3v) is 3.86. The lowest BCUT2D eigenvalue weighted by atomic mass is 9.70. The molecule has 1 saturated heterocycles. The van der Waals surface area contributed by atoms with Crippen LogP contribution in [0.15, 0.2) is 0 Å². The molecule has 0 aromatic heterocycles. The summed E-state index contributed by atoms with van der Waals surface area (Å²) in [7, 11) is 0. The van der Waals surface area contributed by atoms with Crippen molar-refractivity contribution < 1.29 is 9.53 Å². The van der Waals surface area contributed by atoms with E-state index in [0.29, 0.717) is 11.8 Å². The molecular weight excluding hydrogens is 178 g/mol. The molecule has 1 aliphatic heterocycles. The highest BCUT2D eigenvalue weighted by Gasteiger charge is 2.52. The second kappa shape index (κ2) is 3.14. The molecule has 80 valence electrons. The van der Waals surface area contributed by atoms with E-state index in [2.05, 4.69) is 26.1 Å². The van der Waals surface area contributed by atoms with Crippen LogP contribution in [0.25, 0.3) is 0 Å². The van der Waals surface area contributed by atoms with Crippen molar-refractivity contribution in [1.82, 2.24) is 5.32 Å². The molecule has 0 bridgehead atoms. The van der Waals surface area contributed by atoms with Crippen LogP contribution in [0.4, 0.5) is 4.79 Å². The summed E-state index contributed by atoms with van der Waals surface area (Å²) >= 11 is 0. The van der Waals surface area contributed by atoms with Crippen LogP contribution in [-0.2, 0) is 4.74 Å². The molecule has 1 N–H and O–H groups in total. The molecule has 1 amide bonds. The summed E-state index contributed by atoms with van der Waals surface area (Å²) in [5, 5.41) is 3.03. The van der Waals surface area contributed by atoms with E-state index in [1.807, 2.05) is 0 Å². The van der Waals surface area contributed by atoms with Gasteiger partial charge in [-0.15, -0.1) is 0 Å². The summed E-state index contributed by atoms with van der Waals surface area (Å²) < 4.78 is 5.35. The van der Waals surface area contributed by atoms with Crippen LogP contribution in [0, 0.1) is 11.8 Å². The predicted molar refractivity (Wildman–Crippen MR) is 54.0 cm³/mol. The van der Waals surface area contributed by atoms with Crippen molar-refractivity contribution in [1.29, 1.82) is 0 Å². The molecule has 3 atom stereocenters. The van der Waals surface area contributed by atoms with Gasteiger partial charge in [-0.05, 0) is 31.1 Å². The highest BCUT2D eigenvalue weighted by Crippen LogP contribution is 2.41. The lowest BCUT2D eigenvalue weighted by Crippen LogP contribution is -2.55. The summed E-state index contributed by atoms with van der Waals surface area (Å²) in [5.74, 6) is 1.13. The third kappa shape index (κ3) is 1.30. The van der Waals surface area contributed by atoms with Crippen molar-refractivity contribution >= 4 is 6.09 Å². The molecule has 1 heterocycles. The van der Waals surface area contributed by atoms with Gasteiger partial charge in [0.1, 0.15) is 6.10 Å². The van der Waals surface area contributed by atoms with Gasteiger partial charge in [0, 0.05) is 0 Å². The minimum atomic E-state index is -0.224. The van der Waals surface area contributed by atoms with Crippen LogP contribution in [0.2, 0.25) is 0 Å². The molecule has 0 unspecified atom stereocenters. The van der Waals surface area contributed by atoms with Gasteiger partial charge in [-0.3, -0.25) is 0 Å². The second-order valence-corrected chi connectivity index (χ2v) is 5.09. The van der Waals surface area contributed by atoms with Gasteiger partial charge in [-0.25, -0.2) is 4.79 Å². The Morgan fingerprint density at radius 1 is 1.57 bits per heavy atom. The Morgan fingerprint density at radius 3 is 2.93 bits per heavy atom. The topological polar surface area (TPSA) is 38.3 Å². The van der Waals surface area contributed by atoms with Crippen LogP contribution >= 0.6 is 0 Å². The molecule has 2 fully saturated rings. The van der Waals surface area contributed by atoms with E-state index in [1.54, 1.807) is 0 Å². The monoisotopic (exact) mass is 197 g/mol. The van der Waals surface area contributed by atoms with Crippen LogP contribution in [0.3, 0.4) is 0 Å². The quantitative estimate of drug-likeness (QED) is 0.700. The van der Waals surface area contributed by atoms with Gasteiger partial charge < -0.3 is 10.1 Å². The van der Waals surface area contributed by atoms with Gasteiger partial charge in [0.05, 0.1) is 5.54 Å². The zero-order chi connectivity index (χ0) is 10.3. The van der Waals surface area contributed by atoms with Crippen molar-refractivity contribution in [3.63, 3.8) is 0 Å². The molecule has 1 saturated carbocycles. The van der Waals surface area contributed by atoms with Gasteiger partial charge in [0.25, 0.3) is 0 Å². The SMILES string of the molecule is CC(C)[C@]12CC[C@@H](C)C[C@H]1OC(=O)N2. The maximum absolute atomic E-state index is 11.3. The number of hydrogen-bond donors (Lipinski definition) is 1. The number of ether oxygens (including phenoxy) is 1. The lowest BCUT2D eigenvalue weighted by molar-refractivity contribution is 0.0366. The third-order valence-electron chi connectivity index (χ3n) is 3.86. The Bertz CT molecular complexity index is 252. The normalized spacial score (nSPS) is 41.9. The Kier molecular flexibility index (Phi) is 2.20. The number of carbonyl (C=O) groups is 1. The summed E-state index contributed by atoms with van der Waals surface area (Å²) in [6.07, 6.45) is 3.13. The fourth-order valence-corrected chi connectivity index (χ4v) is 2.79. The number of alkyl carbamates (subject to hydrolysis) is 1. The van der Waals surface area contributed by atoms with Crippen molar-refractivity contribution in [3.05, 3.63) is 0 Å². The summed E-state index contributed by atoms with van der Waals surface area (Å²) in [6, 6.07) is 0. The molecule has 0 radical (unpaired) electrons. The first-order valence-corrected chi connectivity index (χ1v) is 5.53. The largest absolute Gasteiger partial charge is 0.444 e. The van der Waals surface area contributed by atoms with Crippen molar-refractivity contribution in [2.24, 2.45) is 11.8 Å². The molecule has 3 nitrogen and oxygen atoms in total. The first-order valence-electron chi connectivity index (χ1n) is 5.53. The second-order valence-electron chi connectivity index (χ2n) is 5.09. The number of fused-ring (bicyclic) bond motifs is 1. The van der Waals surface area contributed by atoms with E-state index in [1.165, 1.54) is 6.42 Å². The smallest absolute Gasteiger partial charge is 0.408 e. The van der Waals surface area contributed by atoms with E-state index in [4.69, 9.17) is 4.74 Å². The highest BCUT2D eigenvalue weighted by atomic mass is 16.6. The van der Waals surface area contributed by atoms with Crippen LogP contribution in [0.5, 0.6) is 0 Å². The van der Waals surface area contributed by atoms with E-state index in [0.717, 1.165) is 12.8 Å². The van der Waals surface area contributed by atoms with Gasteiger partial charge in [-0.2, -0.15) is 0 Å². The van der Waals surface area contributed by atoms with Crippen LogP contribution in [-0.4, -0.2) is 17.7 Å². The average molecular weight is 197 g/mol. The molecule has 0 aromatic rings. The minimum absolute atomic E-state index is 0.0798. The number of amides is 1. The zero-order valence-electron chi connectivity index (χ0n) is 9.17. The number of rotatable bonds is 1. The van der Waals surface area contributed by atoms with Crippen molar-refractivity contribution in [2.45, 2.75) is 51.7 Å². The lowest BCUT2D eigenvalue weighted by Gasteiger charge is -2.41. The van der Waals surface area contributed by atoms with Gasteiger partial charge in [-0.1, -0.05) is 20.8 Å². The molecule has 0 spiro atoms. The molecule has 2 rings (SSSR count). The summed E-state index contributed by atoms with van der Waals surface area (Å²) in [6.45, 7) is 6.56. The maximum Gasteiger partial charge on any atom is 0.408 e. The van der Waals surface area contributed by atoms with E-state index < -0.39 is 0 Å². The van der Waals surface area contributed by atoms with E-state index in [-0.39, 0.29) is 17.7 Å². The fraction of sp³-hybridized carbons (Fsp3) is 0.909. The first-order chi connectivity index (χ1) is 6.54. The fourth-order valence-electron chi connectivity index (χ4n) is 2.79. The Hall–Kier alpha value is -0.730. The van der Waals surface area contributed by atoms with Gasteiger partial charge >= 0.3 is 6.09 Å². The van der Waals surface area contributed by atoms with Crippen molar-refractivity contribution in [2.75, 3.05) is 0 Å². The molecular formula is C11H19NO2. The highest BCUT2D eigenvalue weighted by molar-refractivity contribution is 5.71. The first kappa shape index (κ1) is 9.81. The summed E-state index contributed by atoms with van der Waals surface area (Å²) in [4.78, 5) is 11.3. The zero-order valence-corrected chi connectivity index (χ0v) is 9.17. The Labute approximate surface area is 85.2 Å². The number of carbonyl (C=O) groups excluding carboxylic acids is 1. The van der Waals surface area contributed by atoms with Crippen LogP contribution in [0.1, 0.15) is 40.0 Å².